The lowest BCUT2D eigenvalue weighted by molar-refractivity contribution is -0.494. The molecule has 6 nitrogen and oxygen atoms in total. The number of nitrogens with zero attached hydrogens (tertiary/aromatic N) is 3. The van der Waals surface area contributed by atoms with Crippen LogP contribution in [0, 0.1) is 11.3 Å². The van der Waals surface area contributed by atoms with E-state index in [0.717, 1.165) is 11.1 Å². The van der Waals surface area contributed by atoms with E-state index in [1.807, 2.05) is 66.7 Å². The molecule has 6 heteroatoms. The molecule has 0 saturated carbocycles. The molecule has 3 heterocycles. The van der Waals surface area contributed by atoms with Crippen LogP contribution in [-0.4, -0.2) is 34.4 Å². The Balaban J connectivity index is 1.62. The van der Waals surface area contributed by atoms with Crippen molar-refractivity contribution < 1.29 is 14.2 Å². The van der Waals surface area contributed by atoms with Crippen LogP contribution in [-0.2, 0) is 11.2 Å². The fourth-order valence-corrected chi connectivity index (χ4v) is 4.06. The Hall–Kier alpha value is -3.98. The van der Waals surface area contributed by atoms with Gasteiger partial charge >= 0.3 is 0 Å². The second-order valence-electron chi connectivity index (χ2n) is 7.29. The van der Waals surface area contributed by atoms with Crippen LogP contribution in [0.25, 0.3) is 0 Å². The molecular weight excluding hydrogens is 376 g/mol. The Morgan fingerprint density at radius 3 is 2.43 bits per heavy atom. The van der Waals surface area contributed by atoms with Crippen LogP contribution in [0.5, 0.6) is 0 Å². The maximum atomic E-state index is 13.4. The van der Waals surface area contributed by atoms with Crippen LogP contribution in [0.2, 0.25) is 0 Å². The van der Waals surface area contributed by atoms with Crippen molar-refractivity contribution in [3.05, 3.63) is 95.9 Å². The molecule has 1 amide bonds. The van der Waals surface area contributed by atoms with E-state index in [1.165, 1.54) is 0 Å². The van der Waals surface area contributed by atoms with Crippen LogP contribution in [0.3, 0.4) is 0 Å². The molecule has 0 fully saturated rings. The van der Waals surface area contributed by atoms with Gasteiger partial charge in [0.2, 0.25) is 17.8 Å². The van der Waals surface area contributed by atoms with Crippen molar-refractivity contribution in [3.8, 4) is 6.07 Å². The van der Waals surface area contributed by atoms with E-state index >= 15 is 0 Å². The molecule has 0 saturated heterocycles. The van der Waals surface area contributed by atoms with Crippen molar-refractivity contribution in [3.63, 3.8) is 0 Å². The molecule has 30 heavy (non-hydrogen) atoms. The number of nitriles is 1. The first-order valence-electron chi connectivity index (χ1n) is 9.83. The zero-order chi connectivity index (χ0) is 20.5. The summed E-state index contributed by atoms with van der Waals surface area (Å²) in [6, 6.07) is 23.8. The molecule has 0 radical (unpaired) electrons. The molecule has 3 aromatic rings. The normalized spacial score (nSPS) is 22.8. The number of amidine groups is 1. The quantitative estimate of drug-likeness (QED) is 0.729. The number of carbonyl (C=O) groups is 1. The number of rotatable bonds is 4. The van der Waals surface area contributed by atoms with Gasteiger partial charge in [-0.3, -0.25) is 14.7 Å². The highest BCUT2D eigenvalue weighted by molar-refractivity contribution is 6.16. The summed E-state index contributed by atoms with van der Waals surface area (Å²) in [4.78, 5) is 23.2. The molecule has 2 aromatic carbocycles. The van der Waals surface area contributed by atoms with Gasteiger partial charge < -0.3 is 4.42 Å². The van der Waals surface area contributed by atoms with Gasteiger partial charge in [0.15, 0.2) is 5.84 Å². The predicted molar refractivity (Wildman–Crippen MR) is 111 cm³/mol. The van der Waals surface area contributed by atoms with Crippen molar-refractivity contribution in [1.29, 1.82) is 5.26 Å². The minimum absolute atomic E-state index is 0.177. The maximum absolute atomic E-state index is 13.4. The Labute approximate surface area is 173 Å². The maximum Gasteiger partial charge on any atom is 0.255 e. The lowest BCUT2D eigenvalue weighted by Gasteiger charge is -2.29. The molecule has 3 atom stereocenters. The van der Waals surface area contributed by atoms with Gasteiger partial charge in [-0.2, -0.15) is 5.26 Å². The van der Waals surface area contributed by atoms with E-state index in [-0.39, 0.29) is 11.9 Å². The van der Waals surface area contributed by atoms with Crippen LogP contribution in [0.15, 0.2) is 88.5 Å². The average molecular weight is 395 g/mol. The Morgan fingerprint density at radius 1 is 1.03 bits per heavy atom. The molecular formula is C24H19N4O2+. The SMILES string of the molecule is N#CC1C(c2ccccc2)=[NH+]C(c2ccccc2)C2=NC(Cc3ccco3)C(=O)N21. The van der Waals surface area contributed by atoms with Gasteiger partial charge in [0.25, 0.3) is 5.91 Å². The van der Waals surface area contributed by atoms with Gasteiger partial charge in [-0.1, -0.05) is 48.5 Å². The highest BCUT2D eigenvalue weighted by Crippen LogP contribution is 2.27. The molecule has 5 rings (SSSR count). The molecule has 0 spiro atoms. The molecule has 1 aromatic heterocycles. The summed E-state index contributed by atoms with van der Waals surface area (Å²) in [6.07, 6.45) is 1.95. The van der Waals surface area contributed by atoms with E-state index in [4.69, 9.17) is 9.41 Å². The summed E-state index contributed by atoms with van der Waals surface area (Å²) in [5.74, 6) is 1.10. The van der Waals surface area contributed by atoms with Gasteiger partial charge in [-0.25, -0.2) is 4.99 Å². The summed E-state index contributed by atoms with van der Waals surface area (Å²) in [6.45, 7) is 0. The van der Waals surface area contributed by atoms with E-state index in [2.05, 4.69) is 11.1 Å². The van der Waals surface area contributed by atoms with Crippen LogP contribution in [0.4, 0.5) is 0 Å². The number of aliphatic imine (C=N–C) groups is 1. The Kier molecular flexibility index (Phi) is 4.49. The third-order valence-electron chi connectivity index (χ3n) is 5.46. The summed E-state index contributed by atoms with van der Waals surface area (Å²) >= 11 is 0. The van der Waals surface area contributed by atoms with Crippen molar-refractivity contribution >= 4 is 17.5 Å². The summed E-state index contributed by atoms with van der Waals surface area (Å²) in [7, 11) is 0. The average Bonchev–Trinajstić information content (AvgIpc) is 3.42. The number of carbonyl (C=O) groups excluding carboxylic acids is 1. The van der Waals surface area contributed by atoms with E-state index in [1.54, 1.807) is 17.2 Å². The third kappa shape index (κ3) is 3.01. The number of amides is 1. The first-order chi connectivity index (χ1) is 14.8. The lowest BCUT2D eigenvalue weighted by atomic mass is 9.95. The molecule has 2 aliphatic rings. The number of nitrogens with one attached hydrogen (secondary N) is 1. The molecule has 3 unspecified atom stereocenters. The summed E-state index contributed by atoms with van der Waals surface area (Å²) in [5.41, 5.74) is 2.57. The zero-order valence-electron chi connectivity index (χ0n) is 16.1. The largest absolute Gasteiger partial charge is 0.469 e. The van der Waals surface area contributed by atoms with Gasteiger partial charge in [-0.15, -0.1) is 0 Å². The fraction of sp³-hybridized carbons (Fsp3) is 0.167. The Morgan fingerprint density at radius 2 is 1.77 bits per heavy atom. The topological polar surface area (TPSA) is 83.6 Å². The van der Waals surface area contributed by atoms with Crippen LogP contribution >= 0.6 is 0 Å². The first-order valence-corrected chi connectivity index (χ1v) is 9.83. The minimum Gasteiger partial charge on any atom is -0.469 e. The Bertz CT molecular complexity index is 1160. The van der Waals surface area contributed by atoms with Crippen LogP contribution in [0.1, 0.15) is 22.9 Å². The predicted octanol–water partition coefficient (Wildman–Crippen LogP) is 1.65. The number of hydrogen-bond acceptors (Lipinski definition) is 4. The number of fused-ring (bicyclic) bond motifs is 1. The number of benzene rings is 2. The van der Waals surface area contributed by atoms with Gasteiger partial charge in [0, 0.05) is 17.5 Å². The first kappa shape index (κ1) is 18.1. The minimum atomic E-state index is -0.764. The van der Waals surface area contributed by atoms with Crippen molar-refractivity contribution in [2.24, 2.45) is 4.99 Å². The third-order valence-corrected chi connectivity index (χ3v) is 5.46. The molecule has 0 bridgehead atoms. The van der Waals surface area contributed by atoms with E-state index in [0.29, 0.717) is 23.7 Å². The van der Waals surface area contributed by atoms with Crippen molar-refractivity contribution in [2.45, 2.75) is 24.5 Å². The summed E-state index contributed by atoms with van der Waals surface area (Å²) in [5, 5.41) is 10.0. The summed E-state index contributed by atoms with van der Waals surface area (Å²) < 4.78 is 5.43. The molecule has 2 aliphatic heterocycles. The molecule has 0 aliphatic carbocycles. The monoisotopic (exact) mass is 395 g/mol. The van der Waals surface area contributed by atoms with Crippen LogP contribution < -0.4 is 4.99 Å². The van der Waals surface area contributed by atoms with Crippen molar-refractivity contribution in [1.82, 2.24) is 4.90 Å². The van der Waals surface area contributed by atoms with Crippen molar-refractivity contribution in [2.75, 3.05) is 0 Å². The smallest absolute Gasteiger partial charge is 0.255 e. The van der Waals surface area contributed by atoms with Gasteiger partial charge in [-0.05, 0) is 24.3 Å². The number of furan rings is 1. The van der Waals surface area contributed by atoms with E-state index in [9.17, 15) is 10.1 Å². The van der Waals surface area contributed by atoms with E-state index < -0.39 is 12.1 Å². The second-order valence-corrected chi connectivity index (χ2v) is 7.29. The van der Waals surface area contributed by atoms with Gasteiger partial charge in [0.05, 0.1) is 12.3 Å². The standard InChI is InChI=1S/C24H18N4O2/c25-15-20-21(16-8-3-1-4-9-16)27-22(17-10-5-2-6-11-17)23-26-19(24(29)28(20)23)14-18-12-7-13-30-18/h1-13,19-20,22H,14H2/p+1. The highest BCUT2D eigenvalue weighted by atomic mass is 16.3. The second kappa shape index (κ2) is 7.45. The molecule has 146 valence electrons. The highest BCUT2D eigenvalue weighted by Gasteiger charge is 2.51. The zero-order valence-corrected chi connectivity index (χ0v) is 16.1. The number of hydrogen-bond donors (Lipinski definition) is 1. The lowest BCUT2D eigenvalue weighted by Crippen LogP contribution is -2.84. The fourth-order valence-electron chi connectivity index (χ4n) is 4.06. The van der Waals surface area contributed by atoms with Gasteiger partial charge in [0.1, 0.15) is 11.8 Å². The molecule has 1 N–H and O–H groups in total.